The molecule has 0 aliphatic carbocycles. The Hall–Kier alpha value is 1.13. The van der Waals surface area contributed by atoms with E-state index in [0.29, 0.717) is 6.10 Å². The van der Waals surface area contributed by atoms with Gasteiger partial charge in [-0.05, 0) is 0 Å². The summed E-state index contributed by atoms with van der Waals surface area (Å²) in [4.78, 5) is 0. The summed E-state index contributed by atoms with van der Waals surface area (Å²) in [5.41, 5.74) is 0. The Bertz CT molecular complexity index is 24.8. The molecule has 0 saturated heterocycles. The first-order valence-electron chi connectivity index (χ1n) is 1.59. The summed E-state index contributed by atoms with van der Waals surface area (Å²) < 4.78 is 4.84. The summed E-state index contributed by atoms with van der Waals surface area (Å²) in [6.07, 6.45) is 0.424. The van der Waals surface area contributed by atoms with Gasteiger partial charge in [0.15, 0.2) is 0 Å². The van der Waals surface area contributed by atoms with Crippen LogP contribution in [-0.2, 0) is 28.0 Å². The van der Waals surface area contributed by atoms with Gasteiger partial charge in [-0.2, -0.15) is 0 Å². The van der Waals surface area contributed by atoms with Crippen molar-refractivity contribution in [1.82, 2.24) is 0 Å². The maximum Gasteiger partial charge on any atom is -0.147 e. The molecule has 0 bridgehead atoms. The standard InChI is InChI=1S/C3H7O.ClH.Zr/c1-3(2)4;;/h3H,1-2H3;1H;/q-1;;+1. The van der Waals surface area contributed by atoms with Gasteiger partial charge in [0.25, 0.3) is 0 Å². The van der Waals surface area contributed by atoms with E-state index in [1.54, 1.807) is 0 Å². The predicted molar refractivity (Wildman–Crippen MR) is 23.5 cm³/mol. The van der Waals surface area contributed by atoms with Crippen molar-refractivity contribution in [2.45, 2.75) is 20.0 Å². The summed E-state index contributed by atoms with van der Waals surface area (Å²) in [5, 5.41) is 0. The minimum absolute atomic E-state index is 0. The molecule has 6 heavy (non-hydrogen) atoms. The van der Waals surface area contributed by atoms with E-state index in [-0.39, 0.29) is 12.4 Å². The quantitative estimate of drug-likeness (QED) is 0.600. The molecule has 0 aromatic rings. The molecule has 0 aromatic heterocycles. The average Bonchev–Trinajstić information content (AvgIpc) is 1.38. The Morgan fingerprint density at radius 1 is 1.50 bits per heavy atom. The fourth-order valence-electron chi connectivity index (χ4n) is 0. The Morgan fingerprint density at radius 2 is 1.67 bits per heavy atom. The fraction of sp³-hybridized carbons (Fsp3) is 1.00. The average molecular weight is 187 g/mol. The van der Waals surface area contributed by atoms with Gasteiger partial charge in [0.2, 0.25) is 0 Å². The van der Waals surface area contributed by atoms with Crippen LogP contribution < -0.4 is 0 Å². The van der Waals surface area contributed by atoms with Crippen LogP contribution in [0.15, 0.2) is 0 Å². The van der Waals surface area contributed by atoms with Crippen molar-refractivity contribution < 1.29 is 28.0 Å². The van der Waals surface area contributed by atoms with Gasteiger partial charge in [-0.1, -0.05) is 0 Å². The van der Waals surface area contributed by atoms with E-state index in [4.69, 9.17) is 2.81 Å². The van der Waals surface area contributed by atoms with Gasteiger partial charge in [-0.15, -0.1) is 12.4 Å². The monoisotopic (exact) mass is 185 g/mol. The summed E-state index contributed by atoms with van der Waals surface area (Å²) in [5.74, 6) is 0. The topological polar surface area (TPSA) is 9.23 Å². The van der Waals surface area contributed by atoms with Gasteiger partial charge in [-0.3, -0.25) is 0 Å². The summed E-state index contributed by atoms with van der Waals surface area (Å²) in [6.45, 7) is 4.04. The molecule has 0 spiro atoms. The van der Waals surface area contributed by atoms with Crippen molar-refractivity contribution in [1.29, 1.82) is 0 Å². The third-order valence-corrected chi connectivity index (χ3v) is 1.39. The SMILES string of the molecule is CC(C)[O][Zr].Cl. The van der Waals surface area contributed by atoms with Gasteiger partial charge in [0.1, 0.15) is 0 Å². The number of hydrogen-bond acceptors (Lipinski definition) is 1. The molecule has 0 N–H and O–H groups in total. The third-order valence-electron chi connectivity index (χ3n) is 0.236. The van der Waals surface area contributed by atoms with Crippen LogP contribution in [-0.4, -0.2) is 6.10 Å². The molecule has 0 unspecified atom stereocenters. The smallest absolute Gasteiger partial charge is 0.147 e. The molecule has 37 valence electrons. The normalized spacial score (nSPS) is 7.67. The van der Waals surface area contributed by atoms with Crippen LogP contribution in [0.3, 0.4) is 0 Å². The van der Waals surface area contributed by atoms with Crippen LogP contribution >= 0.6 is 12.4 Å². The summed E-state index contributed by atoms with van der Waals surface area (Å²) in [7, 11) is 0. The molecule has 0 fully saturated rings. The molecule has 0 rings (SSSR count). The van der Waals surface area contributed by atoms with E-state index >= 15 is 0 Å². The molecule has 0 saturated carbocycles. The minimum Gasteiger partial charge on any atom is -0.147 e. The maximum absolute atomic E-state index is 4.84. The largest absolute Gasteiger partial charge is 0.147 e. The van der Waals surface area contributed by atoms with Crippen molar-refractivity contribution >= 4 is 12.4 Å². The van der Waals surface area contributed by atoms with Crippen LogP contribution in [0.25, 0.3) is 0 Å². The second kappa shape index (κ2) is 6.13. The molecular formula is C3H8ClOZr. The molecule has 0 aliphatic heterocycles. The van der Waals surface area contributed by atoms with E-state index < -0.39 is 0 Å². The maximum atomic E-state index is 4.84. The summed E-state index contributed by atoms with van der Waals surface area (Å²) >= 11 is 1.16. The zero-order chi connectivity index (χ0) is 4.28. The molecule has 0 radical (unpaired) electrons. The van der Waals surface area contributed by atoms with E-state index in [0.717, 1.165) is 25.2 Å². The first-order valence-corrected chi connectivity index (χ1v) is 2.60. The molecule has 0 heterocycles. The van der Waals surface area contributed by atoms with Crippen molar-refractivity contribution in [2.75, 3.05) is 0 Å². The molecule has 0 aliphatic rings. The molecule has 0 amide bonds. The van der Waals surface area contributed by atoms with Crippen LogP contribution in [0, 0.1) is 0 Å². The number of hydrogen-bond donors (Lipinski definition) is 0. The number of halogens is 1. The zero-order valence-corrected chi connectivity index (χ0v) is 7.17. The van der Waals surface area contributed by atoms with E-state index in [1.165, 1.54) is 0 Å². The Balaban J connectivity index is 0. The molecule has 1 nitrogen and oxygen atoms in total. The molecular weight excluding hydrogens is 179 g/mol. The second-order valence-corrected chi connectivity index (χ2v) is 1.75. The van der Waals surface area contributed by atoms with Crippen molar-refractivity contribution in [3.05, 3.63) is 0 Å². The van der Waals surface area contributed by atoms with Gasteiger partial charge >= 0.3 is 47.9 Å². The number of rotatable bonds is 1. The first kappa shape index (κ1) is 10.2. The van der Waals surface area contributed by atoms with Crippen molar-refractivity contribution in [2.24, 2.45) is 0 Å². The van der Waals surface area contributed by atoms with Crippen molar-refractivity contribution in [3.63, 3.8) is 0 Å². The van der Waals surface area contributed by atoms with Crippen molar-refractivity contribution in [3.8, 4) is 0 Å². The van der Waals surface area contributed by atoms with Crippen LogP contribution in [0.4, 0.5) is 0 Å². The van der Waals surface area contributed by atoms with Crippen LogP contribution in [0.1, 0.15) is 13.8 Å². The fourth-order valence-corrected chi connectivity index (χ4v) is 0. The van der Waals surface area contributed by atoms with E-state index in [1.807, 2.05) is 13.8 Å². The van der Waals surface area contributed by atoms with Crippen LogP contribution in [0.5, 0.6) is 0 Å². The Labute approximate surface area is 60.3 Å². The van der Waals surface area contributed by atoms with E-state index in [2.05, 4.69) is 0 Å². The first-order chi connectivity index (χ1) is 2.27. The van der Waals surface area contributed by atoms with E-state index in [9.17, 15) is 0 Å². The molecule has 0 aromatic carbocycles. The third kappa shape index (κ3) is 8.93. The Morgan fingerprint density at radius 3 is 1.67 bits per heavy atom. The Kier molecular flexibility index (Phi) is 10.4. The van der Waals surface area contributed by atoms with Crippen LogP contribution in [0.2, 0.25) is 0 Å². The van der Waals surface area contributed by atoms with Gasteiger partial charge in [-0.25, -0.2) is 0 Å². The molecule has 3 heteroatoms. The van der Waals surface area contributed by atoms with Gasteiger partial charge in [0, 0.05) is 0 Å². The van der Waals surface area contributed by atoms with Gasteiger partial charge in [0.05, 0.1) is 0 Å². The van der Waals surface area contributed by atoms with Gasteiger partial charge < -0.3 is 0 Å². The molecule has 0 atom stereocenters. The zero-order valence-electron chi connectivity index (χ0n) is 3.89. The predicted octanol–water partition coefficient (Wildman–Crippen LogP) is 1.29. The summed E-state index contributed by atoms with van der Waals surface area (Å²) in [6, 6.07) is 0. The second-order valence-electron chi connectivity index (χ2n) is 1.17. The minimum atomic E-state index is 0.